The first kappa shape index (κ1) is 26.8. The smallest absolute Gasteiger partial charge is 0.418 e. The number of nitrogens with zero attached hydrogens (tertiary/aromatic N) is 4. The Balaban J connectivity index is 1.37. The summed E-state index contributed by atoms with van der Waals surface area (Å²) in [7, 11) is 0. The lowest BCUT2D eigenvalue weighted by Crippen LogP contribution is -2.65. The zero-order chi connectivity index (χ0) is 28.1. The van der Waals surface area contributed by atoms with E-state index in [0.29, 0.717) is 63.7 Å². The molecule has 0 atom stereocenters. The molecule has 2 fully saturated rings. The van der Waals surface area contributed by atoms with Gasteiger partial charge < -0.3 is 19.9 Å². The predicted molar refractivity (Wildman–Crippen MR) is 145 cm³/mol. The number of alkyl halides is 3. The summed E-state index contributed by atoms with van der Waals surface area (Å²) in [6, 6.07) is 11.5. The van der Waals surface area contributed by atoms with Gasteiger partial charge in [0.25, 0.3) is 0 Å². The number of amides is 1. The number of carbonyl (C=O) groups excluding carboxylic acids is 1. The highest BCUT2D eigenvalue weighted by Gasteiger charge is 2.52. The van der Waals surface area contributed by atoms with Crippen molar-refractivity contribution < 1.29 is 22.7 Å². The van der Waals surface area contributed by atoms with Gasteiger partial charge in [0.05, 0.1) is 47.1 Å². The number of fused-ring (bicyclic) bond motifs is 2. The van der Waals surface area contributed by atoms with Crippen LogP contribution in [0.25, 0.3) is 11.3 Å². The Kier molecular flexibility index (Phi) is 6.86. The topological polar surface area (TPSA) is 70.6 Å². The number of hydrogen-bond acceptors (Lipinski definition) is 6. The Hall–Kier alpha value is -3.37. The highest BCUT2D eigenvalue weighted by atomic mass is 35.5. The van der Waals surface area contributed by atoms with Gasteiger partial charge in [-0.05, 0) is 61.7 Å². The number of aromatic nitrogens is 2. The molecule has 2 aromatic heterocycles. The summed E-state index contributed by atoms with van der Waals surface area (Å²) in [5.74, 6) is 0.528. The van der Waals surface area contributed by atoms with Crippen LogP contribution in [0.5, 0.6) is 5.88 Å². The molecular formula is C29H29ClF3N5O2. The number of hydrogen-bond donors (Lipinski definition) is 1. The van der Waals surface area contributed by atoms with E-state index in [9.17, 15) is 18.0 Å². The minimum atomic E-state index is -4.54. The van der Waals surface area contributed by atoms with Crippen LogP contribution in [0, 0.1) is 0 Å². The van der Waals surface area contributed by atoms with E-state index in [2.05, 4.69) is 10.3 Å². The van der Waals surface area contributed by atoms with Crippen molar-refractivity contribution in [2.75, 3.05) is 37.7 Å². The Labute approximate surface area is 235 Å². The molecule has 1 amide bonds. The molecular weight excluding hydrogens is 543 g/mol. The fourth-order valence-electron chi connectivity index (χ4n) is 6.08. The van der Waals surface area contributed by atoms with Crippen LogP contribution in [0.2, 0.25) is 5.02 Å². The zero-order valence-corrected chi connectivity index (χ0v) is 22.7. The number of pyridine rings is 2. The summed E-state index contributed by atoms with van der Waals surface area (Å²) in [5, 5.41) is 3.28. The van der Waals surface area contributed by atoms with Crippen molar-refractivity contribution in [2.24, 2.45) is 0 Å². The standard InChI is InChI=1S/C29H29ClF3N5O2/c1-2-40-26-20(4-3-11-35-26)23-7-6-21-24(36-23)17-38(19-15-34-16-19)27(39)28(21)9-12-37(13-10-28)25-8-5-18(30)14-22(25)29(31,32)33/h3-8,11,14,19,34H,2,9-10,12-13,15-17H2,1H3. The molecule has 40 heavy (non-hydrogen) atoms. The number of halogens is 4. The molecule has 1 N–H and O–H groups in total. The second-order valence-corrected chi connectivity index (χ2v) is 10.9. The average Bonchev–Trinajstić information content (AvgIpc) is 2.91. The van der Waals surface area contributed by atoms with Crippen LogP contribution >= 0.6 is 11.6 Å². The van der Waals surface area contributed by atoms with Crippen LogP contribution in [-0.2, 0) is 22.9 Å². The summed E-state index contributed by atoms with van der Waals surface area (Å²) < 4.78 is 47.3. The predicted octanol–water partition coefficient (Wildman–Crippen LogP) is 5.07. The molecule has 0 radical (unpaired) electrons. The fourth-order valence-corrected chi connectivity index (χ4v) is 6.25. The normalized spacial score (nSPS) is 19.0. The average molecular weight is 572 g/mol. The summed E-state index contributed by atoms with van der Waals surface area (Å²) in [6.07, 6.45) is -2.10. The first-order valence-corrected chi connectivity index (χ1v) is 13.8. The van der Waals surface area contributed by atoms with E-state index in [1.807, 2.05) is 36.1 Å². The van der Waals surface area contributed by atoms with Gasteiger partial charge in [-0.15, -0.1) is 0 Å². The van der Waals surface area contributed by atoms with E-state index in [0.717, 1.165) is 22.9 Å². The lowest BCUT2D eigenvalue weighted by molar-refractivity contribution is -0.144. The first-order chi connectivity index (χ1) is 19.2. The van der Waals surface area contributed by atoms with E-state index < -0.39 is 17.2 Å². The van der Waals surface area contributed by atoms with Gasteiger partial charge in [0.2, 0.25) is 11.8 Å². The molecule has 3 aliphatic heterocycles. The maximum Gasteiger partial charge on any atom is 0.418 e. The van der Waals surface area contributed by atoms with Gasteiger partial charge in [-0.25, -0.2) is 4.98 Å². The maximum atomic E-state index is 14.1. The number of rotatable bonds is 5. The number of anilines is 1. The third-order valence-electron chi connectivity index (χ3n) is 8.23. The molecule has 1 aromatic carbocycles. The largest absolute Gasteiger partial charge is 0.477 e. The minimum absolute atomic E-state index is 0.0317. The Morgan fingerprint density at radius 1 is 1.15 bits per heavy atom. The molecule has 5 heterocycles. The molecule has 0 bridgehead atoms. The molecule has 210 valence electrons. The van der Waals surface area contributed by atoms with E-state index in [1.54, 1.807) is 11.1 Å². The zero-order valence-electron chi connectivity index (χ0n) is 22.0. The van der Waals surface area contributed by atoms with Gasteiger partial charge in [-0.3, -0.25) is 9.78 Å². The molecule has 1 spiro atoms. The highest BCUT2D eigenvalue weighted by Crippen LogP contribution is 2.46. The van der Waals surface area contributed by atoms with Crippen molar-refractivity contribution in [3.8, 4) is 17.1 Å². The van der Waals surface area contributed by atoms with Crippen LogP contribution in [0.1, 0.15) is 36.6 Å². The third-order valence-corrected chi connectivity index (χ3v) is 8.47. The molecule has 11 heteroatoms. The first-order valence-electron chi connectivity index (χ1n) is 13.4. The fraction of sp³-hybridized carbons (Fsp3) is 0.414. The van der Waals surface area contributed by atoms with Gasteiger partial charge in [0, 0.05) is 43.1 Å². The number of nitrogens with one attached hydrogen (secondary N) is 1. The summed E-state index contributed by atoms with van der Waals surface area (Å²) in [5.41, 5.74) is 1.62. The van der Waals surface area contributed by atoms with Crippen LogP contribution in [-0.4, -0.2) is 59.6 Å². The van der Waals surface area contributed by atoms with Crippen molar-refractivity contribution in [2.45, 2.75) is 43.9 Å². The summed E-state index contributed by atoms with van der Waals surface area (Å²) >= 11 is 5.91. The van der Waals surface area contributed by atoms with Crippen LogP contribution < -0.4 is 15.0 Å². The van der Waals surface area contributed by atoms with Crippen molar-refractivity contribution in [1.29, 1.82) is 0 Å². The van der Waals surface area contributed by atoms with Crippen molar-refractivity contribution in [3.63, 3.8) is 0 Å². The van der Waals surface area contributed by atoms with Crippen LogP contribution in [0.4, 0.5) is 18.9 Å². The van der Waals surface area contributed by atoms with Crippen molar-refractivity contribution in [1.82, 2.24) is 20.2 Å². The van der Waals surface area contributed by atoms with Crippen molar-refractivity contribution in [3.05, 3.63) is 70.5 Å². The third kappa shape index (κ3) is 4.56. The molecule has 7 nitrogen and oxygen atoms in total. The lowest BCUT2D eigenvalue weighted by atomic mass is 9.68. The van der Waals surface area contributed by atoms with Gasteiger partial charge in [0.1, 0.15) is 0 Å². The van der Waals surface area contributed by atoms with E-state index in [4.69, 9.17) is 21.3 Å². The van der Waals surface area contributed by atoms with Crippen molar-refractivity contribution >= 4 is 23.2 Å². The number of carbonyl (C=O) groups is 1. The SMILES string of the molecule is CCOc1ncccc1-c1ccc2c(n1)CN(C1CNC1)C(=O)C21CCN(c2ccc(Cl)cc2C(F)(F)F)CC1. The van der Waals surface area contributed by atoms with Crippen LogP contribution in [0.15, 0.2) is 48.7 Å². The number of ether oxygens (including phenoxy) is 1. The number of piperidine rings is 1. The maximum absolute atomic E-state index is 14.1. The summed E-state index contributed by atoms with van der Waals surface area (Å²) in [4.78, 5) is 27.1. The number of benzene rings is 1. The monoisotopic (exact) mass is 571 g/mol. The molecule has 3 aliphatic rings. The lowest BCUT2D eigenvalue weighted by Gasteiger charge is -2.51. The van der Waals surface area contributed by atoms with Gasteiger partial charge in [-0.2, -0.15) is 13.2 Å². The second kappa shape index (κ2) is 10.2. The molecule has 6 rings (SSSR count). The van der Waals surface area contributed by atoms with E-state index >= 15 is 0 Å². The Bertz CT molecular complexity index is 1440. The molecule has 3 aromatic rings. The quantitative estimate of drug-likeness (QED) is 0.461. The van der Waals surface area contributed by atoms with E-state index in [-0.39, 0.29) is 22.7 Å². The molecule has 0 aliphatic carbocycles. The molecule has 2 saturated heterocycles. The van der Waals surface area contributed by atoms with Gasteiger partial charge in [0.15, 0.2) is 0 Å². The minimum Gasteiger partial charge on any atom is -0.477 e. The van der Waals surface area contributed by atoms with Crippen LogP contribution in [0.3, 0.4) is 0 Å². The second-order valence-electron chi connectivity index (χ2n) is 10.5. The summed E-state index contributed by atoms with van der Waals surface area (Å²) in [6.45, 7) is 4.76. The highest BCUT2D eigenvalue weighted by molar-refractivity contribution is 6.30. The Morgan fingerprint density at radius 3 is 2.60 bits per heavy atom. The van der Waals surface area contributed by atoms with Gasteiger partial charge >= 0.3 is 6.18 Å². The molecule has 0 unspecified atom stereocenters. The van der Waals surface area contributed by atoms with E-state index in [1.165, 1.54) is 12.1 Å². The van der Waals surface area contributed by atoms with Gasteiger partial charge in [-0.1, -0.05) is 17.7 Å². The molecule has 0 saturated carbocycles. The Morgan fingerprint density at radius 2 is 1.93 bits per heavy atom.